The zero-order valence-corrected chi connectivity index (χ0v) is 23.3. The molecule has 1 atom stereocenters. The van der Waals surface area contributed by atoms with E-state index in [1.54, 1.807) is 42.5 Å². The van der Waals surface area contributed by atoms with Crippen LogP contribution in [0.5, 0.6) is 23.1 Å². The Morgan fingerprint density at radius 2 is 1.73 bits per heavy atom. The van der Waals surface area contributed by atoms with Gasteiger partial charge in [-0.3, -0.25) is 4.72 Å². The predicted molar refractivity (Wildman–Crippen MR) is 147 cm³/mol. The molecule has 0 unspecified atom stereocenters. The second-order valence-electron chi connectivity index (χ2n) is 9.82. The number of aliphatic hydroxyl groups is 2. The third-order valence-corrected chi connectivity index (χ3v) is 7.13. The first-order valence-corrected chi connectivity index (χ1v) is 13.8. The van der Waals surface area contributed by atoms with Crippen LogP contribution in [0.4, 0.5) is 5.82 Å². The van der Waals surface area contributed by atoms with E-state index in [1.807, 2.05) is 20.8 Å². The zero-order valence-electron chi connectivity index (χ0n) is 22.5. The highest BCUT2D eigenvalue weighted by Gasteiger charge is 2.26. The number of nitrogens with zero attached hydrogens (tertiary/aromatic N) is 2. The van der Waals surface area contributed by atoms with Crippen molar-refractivity contribution in [1.29, 1.82) is 0 Å². The first kappa shape index (κ1) is 28.9. The van der Waals surface area contributed by atoms with Crippen LogP contribution in [0.15, 0.2) is 76.4 Å². The van der Waals surface area contributed by atoms with E-state index in [-0.39, 0.29) is 45.9 Å². The van der Waals surface area contributed by atoms with E-state index in [0.29, 0.717) is 11.3 Å². The van der Waals surface area contributed by atoms with Crippen molar-refractivity contribution in [2.75, 3.05) is 25.0 Å². The van der Waals surface area contributed by atoms with E-state index < -0.39 is 22.7 Å². The van der Waals surface area contributed by atoms with E-state index in [4.69, 9.17) is 18.6 Å². The highest BCUT2D eigenvalue weighted by Crippen LogP contribution is 2.41. The van der Waals surface area contributed by atoms with E-state index in [1.165, 1.54) is 31.8 Å². The third kappa shape index (κ3) is 6.71. The lowest BCUT2D eigenvalue weighted by Crippen LogP contribution is -2.22. The number of anilines is 1. The van der Waals surface area contributed by atoms with Crippen LogP contribution in [-0.4, -0.2) is 55.0 Å². The van der Waals surface area contributed by atoms with Crippen LogP contribution < -0.4 is 18.9 Å². The number of benzene rings is 2. The molecule has 0 fully saturated rings. The fourth-order valence-electron chi connectivity index (χ4n) is 3.57. The lowest BCUT2D eigenvalue weighted by atomic mass is 9.87. The number of rotatable bonds is 11. The van der Waals surface area contributed by atoms with Gasteiger partial charge >= 0.3 is 0 Å². The number of sulfonamides is 1. The van der Waals surface area contributed by atoms with Crippen LogP contribution in [0.25, 0.3) is 11.4 Å². The maximum atomic E-state index is 13.5. The maximum Gasteiger partial charge on any atom is 0.263 e. The summed E-state index contributed by atoms with van der Waals surface area (Å²) in [4.78, 5) is 8.82. The lowest BCUT2D eigenvalue weighted by Gasteiger charge is -2.20. The van der Waals surface area contributed by atoms with Crippen molar-refractivity contribution in [1.82, 2.24) is 9.97 Å². The number of ether oxygens (including phenoxy) is 3. The van der Waals surface area contributed by atoms with Crippen molar-refractivity contribution in [3.05, 3.63) is 72.7 Å². The van der Waals surface area contributed by atoms with E-state index >= 15 is 0 Å². The van der Waals surface area contributed by atoms with E-state index in [9.17, 15) is 18.6 Å². The molecule has 0 amide bonds. The van der Waals surface area contributed by atoms with Gasteiger partial charge in [0.25, 0.3) is 15.9 Å². The van der Waals surface area contributed by atoms with Crippen LogP contribution in [0.1, 0.15) is 26.3 Å². The molecule has 0 bridgehead atoms. The summed E-state index contributed by atoms with van der Waals surface area (Å²) in [7, 11) is -2.71. The third-order valence-electron chi connectivity index (χ3n) is 5.78. The summed E-state index contributed by atoms with van der Waals surface area (Å²) < 4.78 is 51.8. The maximum absolute atomic E-state index is 13.5. The van der Waals surface area contributed by atoms with Gasteiger partial charge in [-0.05, 0) is 41.3 Å². The first-order chi connectivity index (χ1) is 19.0. The van der Waals surface area contributed by atoms with Crippen LogP contribution in [-0.2, 0) is 15.4 Å². The summed E-state index contributed by atoms with van der Waals surface area (Å²) in [5.74, 6) is 0.0459. The average molecular weight is 570 g/mol. The Morgan fingerprint density at radius 1 is 1.02 bits per heavy atom. The molecule has 11 nitrogen and oxygen atoms in total. The number of hydrogen-bond donors (Lipinski definition) is 3. The molecule has 0 aliphatic heterocycles. The van der Waals surface area contributed by atoms with Gasteiger partial charge in [0, 0.05) is 0 Å². The molecule has 0 spiro atoms. The molecule has 4 rings (SSSR count). The highest BCUT2D eigenvalue weighted by atomic mass is 32.2. The number of methoxy groups -OCH3 is 1. The van der Waals surface area contributed by atoms with Crippen molar-refractivity contribution >= 4 is 15.8 Å². The molecule has 0 radical (unpaired) electrons. The highest BCUT2D eigenvalue weighted by molar-refractivity contribution is 7.92. The molecule has 0 aliphatic rings. The van der Waals surface area contributed by atoms with Crippen molar-refractivity contribution in [3.8, 4) is 34.5 Å². The van der Waals surface area contributed by atoms with Gasteiger partial charge in [0.1, 0.15) is 19.0 Å². The van der Waals surface area contributed by atoms with Gasteiger partial charge in [-0.1, -0.05) is 45.0 Å². The molecule has 2 heterocycles. The summed E-state index contributed by atoms with van der Waals surface area (Å²) in [6.07, 6.45) is 1.56. The van der Waals surface area contributed by atoms with Gasteiger partial charge in [0.2, 0.25) is 5.75 Å². The summed E-state index contributed by atoms with van der Waals surface area (Å²) in [6, 6.07) is 14.8. The van der Waals surface area contributed by atoms with Crippen molar-refractivity contribution in [2.45, 2.75) is 37.2 Å². The quantitative estimate of drug-likeness (QED) is 0.237. The van der Waals surface area contributed by atoms with Gasteiger partial charge in [-0.15, -0.1) is 0 Å². The Morgan fingerprint density at radius 3 is 2.33 bits per heavy atom. The molecule has 212 valence electrons. The number of nitrogens with one attached hydrogen (secondary N) is 1. The molecule has 40 heavy (non-hydrogen) atoms. The van der Waals surface area contributed by atoms with Crippen LogP contribution in [0, 0.1) is 0 Å². The second-order valence-corrected chi connectivity index (χ2v) is 11.5. The van der Waals surface area contributed by atoms with Gasteiger partial charge in [0.15, 0.2) is 23.1 Å². The summed E-state index contributed by atoms with van der Waals surface area (Å²) >= 11 is 0. The van der Waals surface area contributed by atoms with Gasteiger partial charge < -0.3 is 28.8 Å². The van der Waals surface area contributed by atoms with Gasteiger partial charge in [-0.2, -0.15) is 4.98 Å². The number of hydrogen-bond acceptors (Lipinski definition) is 10. The fourth-order valence-corrected chi connectivity index (χ4v) is 4.58. The smallest absolute Gasteiger partial charge is 0.263 e. The van der Waals surface area contributed by atoms with Crippen molar-refractivity contribution < 1.29 is 37.3 Å². The molecular formula is C28H31N3O8S. The van der Waals surface area contributed by atoms with Crippen molar-refractivity contribution in [2.24, 2.45) is 0 Å². The Bertz CT molecular complexity index is 1530. The van der Waals surface area contributed by atoms with E-state index in [0.717, 1.165) is 5.56 Å². The summed E-state index contributed by atoms with van der Waals surface area (Å²) in [5.41, 5.74) is 1.24. The number of furan rings is 1. The monoisotopic (exact) mass is 569 g/mol. The second kappa shape index (κ2) is 11.9. The predicted octanol–water partition coefficient (Wildman–Crippen LogP) is 4.37. The van der Waals surface area contributed by atoms with Crippen LogP contribution in [0.3, 0.4) is 0 Å². The topological polar surface area (TPSA) is 153 Å². The molecule has 12 heteroatoms. The Hall–Kier alpha value is -4.13. The molecule has 2 aromatic carbocycles. The van der Waals surface area contributed by atoms with E-state index in [2.05, 4.69) is 14.7 Å². The Labute approximate surface area is 232 Å². The molecule has 4 aromatic rings. The number of aliphatic hydroxyl groups excluding tert-OH is 2. The Balaban J connectivity index is 1.84. The van der Waals surface area contributed by atoms with Crippen LogP contribution in [0.2, 0.25) is 0 Å². The fraction of sp³-hybridized carbons (Fsp3) is 0.286. The van der Waals surface area contributed by atoms with Crippen molar-refractivity contribution in [3.63, 3.8) is 0 Å². The Kier molecular flexibility index (Phi) is 8.62. The number of para-hydroxylation sites is 2. The molecule has 0 saturated heterocycles. The standard InChI is InChI=1S/C28H31N3O8S/c1-28(2,3)19-9-11-21(12-10-19)40(34,35)31-26-24(39-23-8-6-5-7-22(23)36-4)27(38-17-20(33)15-32)30-25(29-26)18-13-14-37-16-18/h5-14,16,20,32-33H,15,17H2,1-4H3,(H,29,30,31)/t20-/m1/s1. The molecule has 2 aromatic heterocycles. The van der Waals surface area contributed by atoms with Gasteiger partial charge in [0.05, 0.1) is 30.4 Å². The molecule has 0 saturated carbocycles. The minimum Gasteiger partial charge on any atom is -0.493 e. The average Bonchev–Trinajstić information content (AvgIpc) is 3.48. The zero-order chi connectivity index (χ0) is 28.9. The minimum absolute atomic E-state index is 0.00499. The minimum atomic E-state index is -4.16. The number of aromatic nitrogens is 2. The summed E-state index contributed by atoms with van der Waals surface area (Å²) in [6.45, 7) is 5.17. The largest absolute Gasteiger partial charge is 0.493 e. The van der Waals surface area contributed by atoms with Crippen LogP contribution >= 0.6 is 0 Å². The molecule has 0 aliphatic carbocycles. The molecular weight excluding hydrogens is 538 g/mol. The molecule has 3 N–H and O–H groups in total. The SMILES string of the molecule is COc1ccccc1Oc1c(NS(=O)(=O)c2ccc(C(C)(C)C)cc2)nc(-c2ccoc2)nc1OC[C@H](O)CO. The first-order valence-electron chi connectivity index (χ1n) is 12.3. The van der Waals surface area contributed by atoms with Gasteiger partial charge in [-0.25, -0.2) is 13.4 Å². The lowest BCUT2D eigenvalue weighted by molar-refractivity contribution is 0.0513. The normalized spacial score (nSPS) is 12.6. The summed E-state index contributed by atoms with van der Waals surface area (Å²) in [5, 5.41) is 19.2.